The zero-order valence-corrected chi connectivity index (χ0v) is 21.5. The van der Waals surface area contributed by atoms with Gasteiger partial charge >= 0.3 is 5.91 Å². The minimum atomic E-state index is -0.799. The molecule has 3 nitrogen and oxygen atoms in total. The van der Waals surface area contributed by atoms with Gasteiger partial charge in [0.2, 0.25) is 0 Å². The van der Waals surface area contributed by atoms with Crippen LogP contribution in [0.25, 0.3) is 0 Å². The van der Waals surface area contributed by atoms with Crippen LogP contribution < -0.4 is 17.1 Å². The molecule has 0 bridgehead atoms. The first-order valence-electron chi connectivity index (χ1n) is 11.4. The molecule has 0 heterocycles. The molecule has 174 valence electrons. The summed E-state index contributed by atoms with van der Waals surface area (Å²) in [7, 11) is 4.37. The highest BCUT2D eigenvalue weighted by atomic mass is 35.5. The van der Waals surface area contributed by atoms with Gasteiger partial charge in [-0.05, 0) is 48.8 Å². The summed E-state index contributed by atoms with van der Waals surface area (Å²) in [6, 6.07) is 17.1. The van der Waals surface area contributed by atoms with E-state index in [4.69, 9.17) is 9.47 Å². The third kappa shape index (κ3) is 7.52. The highest BCUT2D eigenvalue weighted by molar-refractivity contribution is 5.41. The van der Waals surface area contributed by atoms with E-state index < -0.39 is 5.91 Å². The van der Waals surface area contributed by atoms with E-state index in [0.29, 0.717) is 22.9 Å². The molecule has 0 aliphatic heterocycles. The number of halogens is 1. The number of ether oxygens (including phenoxy) is 2. The van der Waals surface area contributed by atoms with Crippen LogP contribution in [0.15, 0.2) is 48.5 Å². The Morgan fingerprint density at radius 3 is 2.03 bits per heavy atom. The van der Waals surface area contributed by atoms with Crippen LogP contribution in [-0.2, 0) is 24.1 Å². The Kier molecular flexibility index (Phi) is 10.5. The molecule has 0 aromatic heterocycles. The highest BCUT2D eigenvalue weighted by Gasteiger charge is 2.45. The summed E-state index contributed by atoms with van der Waals surface area (Å²) in [5.74, 6) is 1.32. The third-order valence-corrected chi connectivity index (χ3v) is 5.70. The fraction of sp³-hybridized carbons (Fsp3) is 0.556. The molecular formula is C27H42ClNO2. The van der Waals surface area contributed by atoms with E-state index in [2.05, 4.69) is 97.2 Å². The van der Waals surface area contributed by atoms with Crippen molar-refractivity contribution in [3.63, 3.8) is 0 Å². The first kappa shape index (κ1) is 27.5. The van der Waals surface area contributed by atoms with Crippen molar-refractivity contribution in [2.75, 3.05) is 20.7 Å². The van der Waals surface area contributed by atoms with Crippen LogP contribution in [0.3, 0.4) is 0 Å². The van der Waals surface area contributed by atoms with Crippen LogP contribution in [0.5, 0.6) is 5.75 Å². The Morgan fingerprint density at radius 1 is 0.871 bits per heavy atom. The van der Waals surface area contributed by atoms with E-state index in [1.165, 1.54) is 16.7 Å². The normalized spacial score (nSPS) is 13.7. The third-order valence-electron chi connectivity index (χ3n) is 5.70. The van der Waals surface area contributed by atoms with Crippen LogP contribution in [0.2, 0.25) is 0 Å². The van der Waals surface area contributed by atoms with Gasteiger partial charge < -0.3 is 17.1 Å². The second-order valence-corrected chi connectivity index (χ2v) is 9.85. The average Bonchev–Trinajstić information content (AvgIpc) is 2.64. The molecule has 0 fully saturated rings. The van der Waals surface area contributed by atoms with Gasteiger partial charge in [0.15, 0.2) is 0 Å². The standard InChI is InChI=1S/C27H42NO2.ClH/c1-9-29-27(6,28(7,8)20-23-14-11-10-12-15-23)30-26-17-13-16-24(18-21(2)3)25(26)19-22(4)5;/h10-17,21-22H,9,18-20H2,1-8H3;1H/q+1;/p-1. The van der Waals surface area contributed by atoms with Crippen molar-refractivity contribution in [3.8, 4) is 5.75 Å². The Balaban J connectivity index is 0.00000480. The predicted octanol–water partition coefficient (Wildman–Crippen LogP) is 3.45. The van der Waals surface area contributed by atoms with E-state index in [1.807, 2.05) is 6.92 Å². The summed E-state index contributed by atoms with van der Waals surface area (Å²) in [5.41, 5.74) is 3.99. The number of quaternary nitrogens is 1. The lowest BCUT2D eigenvalue weighted by Crippen LogP contribution is -3.00. The number of rotatable bonds is 11. The Morgan fingerprint density at radius 2 is 1.48 bits per heavy atom. The Hall–Kier alpha value is -1.55. The number of nitrogens with zero attached hydrogens (tertiary/aromatic N) is 1. The first-order valence-corrected chi connectivity index (χ1v) is 11.4. The van der Waals surface area contributed by atoms with E-state index in [0.717, 1.165) is 25.1 Å². The fourth-order valence-corrected chi connectivity index (χ4v) is 3.96. The van der Waals surface area contributed by atoms with Crippen LogP contribution >= 0.6 is 0 Å². The topological polar surface area (TPSA) is 18.5 Å². The molecule has 2 aromatic rings. The fourth-order valence-electron chi connectivity index (χ4n) is 3.96. The van der Waals surface area contributed by atoms with Gasteiger partial charge in [0.25, 0.3) is 0 Å². The summed E-state index contributed by atoms with van der Waals surface area (Å²) in [6.45, 7) is 14.6. The summed E-state index contributed by atoms with van der Waals surface area (Å²) < 4.78 is 13.7. The molecule has 0 saturated carbocycles. The van der Waals surface area contributed by atoms with Gasteiger partial charge in [0.1, 0.15) is 12.3 Å². The molecule has 2 aromatic carbocycles. The van der Waals surface area contributed by atoms with E-state index in [1.54, 1.807) is 0 Å². The molecule has 0 N–H and O–H groups in total. The van der Waals surface area contributed by atoms with Gasteiger partial charge in [-0.3, -0.25) is 9.22 Å². The second kappa shape index (κ2) is 11.9. The number of benzene rings is 2. The first-order chi connectivity index (χ1) is 14.1. The molecule has 31 heavy (non-hydrogen) atoms. The smallest absolute Gasteiger partial charge is 0.358 e. The summed E-state index contributed by atoms with van der Waals surface area (Å²) in [6.07, 6.45) is 2.07. The Labute approximate surface area is 196 Å². The number of hydrogen-bond donors (Lipinski definition) is 0. The predicted molar refractivity (Wildman–Crippen MR) is 126 cm³/mol. The van der Waals surface area contributed by atoms with Crippen molar-refractivity contribution >= 4 is 0 Å². The molecule has 0 amide bonds. The van der Waals surface area contributed by atoms with Crippen molar-refractivity contribution in [1.29, 1.82) is 0 Å². The van der Waals surface area contributed by atoms with Gasteiger partial charge in [0.05, 0.1) is 27.6 Å². The van der Waals surface area contributed by atoms with Crippen LogP contribution in [0.1, 0.15) is 58.2 Å². The van der Waals surface area contributed by atoms with E-state index in [-0.39, 0.29) is 12.4 Å². The number of hydrogen-bond acceptors (Lipinski definition) is 2. The van der Waals surface area contributed by atoms with Crippen LogP contribution in [-0.4, -0.2) is 31.1 Å². The van der Waals surface area contributed by atoms with E-state index in [9.17, 15) is 0 Å². The summed E-state index contributed by atoms with van der Waals surface area (Å²) >= 11 is 0. The van der Waals surface area contributed by atoms with Crippen molar-refractivity contribution in [2.24, 2.45) is 11.8 Å². The maximum Gasteiger partial charge on any atom is 0.358 e. The lowest BCUT2D eigenvalue weighted by Gasteiger charge is -2.44. The monoisotopic (exact) mass is 447 g/mol. The highest BCUT2D eigenvalue weighted by Crippen LogP contribution is 2.34. The van der Waals surface area contributed by atoms with Crippen molar-refractivity contribution < 1.29 is 26.4 Å². The molecule has 4 heteroatoms. The van der Waals surface area contributed by atoms with Crippen molar-refractivity contribution in [2.45, 2.75) is 66.8 Å². The molecule has 0 saturated heterocycles. The maximum atomic E-state index is 6.78. The Bertz CT molecular complexity index is 789. The molecule has 0 aliphatic carbocycles. The van der Waals surface area contributed by atoms with Gasteiger partial charge in [-0.15, -0.1) is 0 Å². The molecule has 0 spiro atoms. The molecule has 1 unspecified atom stereocenters. The van der Waals surface area contributed by atoms with Crippen molar-refractivity contribution in [3.05, 3.63) is 65.2 Å². The van der Waals surface area contributed by atoms with E-state index >= 15 is 0 Å². The van der Waals surface area contributed by atoms with Gasteiger partial charge in [-0.25, -0.2) is 0 Å². The van der Waals surface area contributed by atoms with Crippen LogP contribution in [0.4, 0.5) is 0 Å². The zero-order chi connectivity index (χ0) is 22.4. The van der Waals surface area contributed by atoms with Gasteiger partial charge in [-0.2, -0.15) is 0 Å². The van der Waals surface area contributed by atoms with Gasteiger partial charge in [-0.1, -0.05) is 70.2 Å². The maximum absolute atomic E-state index is 6.78. The quantitative estimate of drug-likeness (QED) is 0.388. The largest absolute Gasteiger partial charge is 1.00 e. The lowest BCUT2D eigenvalue weighted by molar-refractivity contribution is -0.999. The zero-order valence-electron chi connectivity index (χ0n) is 20.7. The molecule has 0 radical (unpaired) electrons. The second-order valence-electron chi connectivity index (χ2n) is 9.85. The van der Waals surface area contributed by atoms with Crippen LogP contribution in [0, 0.1) is 11.8 Å². The minimum Gasteiger partial charge on any atom is -1.00 e. The molecule has 0 aliphatic rings. The molecule has 2 rings (SSSR count). The molecular weight excluding hydrogens is 406 g/mol. The SMILES string of the molecule is CCOC(C)(Oc1cccc(CC(C)C)c1CC(C)C)[N+](C)(C)Cc1ccccc1.[Cl-]. The average molecular weight is 448 g/mol. The minimum absolute atomic E-state index is 0. The molecule has 1 atom stereocenters. The summed E-state index contributed by atoms with van der Waals surface area (Å²) in [4.78, 5) is 0. The van der Waals surface area contributed by atoms with Crippen molar-refractivity contribution in [1.82, 2.24) is 0 Å². The summed E-state index contributed by atoms with van der Waals surface area (Å²) in [5, 5.41) is 0. The van der Waals surface area contributed by atoms with Gasteiger partial charge in [0, 0.05) is 5.56 Å². The lowest BCUT2D eigenvalue weighted by atomic mass is 9.92.